The summed E-state index contributed by atoms with van der Waals surface area (Å²) in [6.45, 7) is 7.58. The Morgan fingerprint density at radius 3 is 2.81 bits per heavy atom. The van der Waals surface area contributed by atoms with Gasteiger partial charge in [0.2, 0.25) is 5.91 Å². The molecule has 94 valence electrons. The Morgan fingerprint density at radius 1 is 1.56 bits per heavy atom. The van der Waals surface area contributed by atoms with Crippen molar-refractivity contribution in [3.05, 3.63) is 0 Å². The van der Waals surface area contributed by atoms with Gasteiger partial charge in [-0.1, -0.05) is 6.92 Å². The van der Waals surface area contributed by atoms with Crippen molar-refractivity contribution in [2.45, 2.75) is 58.2 Å². The molecule has 3 unspecified atom stereocenters. The molecule has 0 aromatic rings. The summed E-state index contributed by atoms with van der Waals surface area (Å²) in [5.41, 5.74) is 0. The first-order chi connectivity index (χ1) is 7.56. The number of amides is 1. The standard InChI is InChI=1S/C12H24N2O2/c1-4-6-13-11-5-7-14(12(11)16)9(2)8-10(3)15/h9-11,13,15H,4-8H2,1-3H3. The molecular weight excluding hydrogens is 204 g/mol. The van der Waals surface area contributed by atoms with Crippen LogP contribution in [0.4, 0.5) is 0 Å². The monoisotopic (exact) mass is 228 g/mol. The number of nitrogens with zero attached hydrogens (tertiary/aromatic N) is 1. The Balaban J connectivity index is 2.43. The van der Waals surface area contributed by atoms with E-state index in [9.17, 15) is 9.90 Å². The van der Waals surface area contributed by atoms with Crippen molar-refractivity contribution in [2.24, 2.45) is 0 Å². The molecule has 0 radical (unpaired) electrons. The predicted molar refractivity (Wildman–Crippen MR) is 64.2 cm³/mol. The summed E-state index contributed by atoms with van der Waals surface area (Å²) in [5.74, 6) is 0.196. The van der Waals surface area contributed by atoms with Gasteiger partial charge >= 0.3 is 0 Å². The number of aliphatic hydroxyl groups is 1. The molecule has 0 aliphatic carbocycles. The van der Waals surface area contributed by atoms with Gasteiger partial charge in [-0.2, -0.15) is 0 Å². The molecule has 0 aromatic carbocycles. The highest BCUT2D eigenvalue weighted by molar-refractivity contribution is 5.84. The summed E-state index contributed by atoms with van der Waals surface area (Å²) in [6, 6.07) is 0.136. The summed E-state index contributed by atoms with van der Waals surface area (Å²) >= 11 is 0. The van der Waals surface area contributed by atoms with E-state index < -0.39 is 0 Å². The highest BCUT2D eigenvalue weighted by Gasteiger charge is 2.33. The Hall–Kier alpha value is -0.610. The lowest BCUT2D eigenvalue weighted by Gasteiger charge is -2.25. The van der Waals surface area contributed by atoms with Crippen molar-refractivity contribution in [3.8, 4) is 0 Å². The van der Waals surface area contributed by atoms with Gasteiger partial charge in [-0.3, -0.25) is 4.79 Å². The predicted octanol–water partition coefficient (Wildman–Crippen LogP) is 0.746. The van der Waals surface area contributed by atoms with Crippen molar-refractivity contribution in [1.82, 2.24) is 10.2 Å². The second kappa shape index (κ2) is 6.21. The highest BCUT2D eigenvalue weighted by atomic mass is 16.3. The second-order valence-corrected chi connectivity index (χ2v) is 4.76. The summed E-state index contributed by atoms with van der Waals surface area (Å²) in [4.78, 5) is 13.9. The average molecular weight is 228 g/mol. The van der Waals surface area contributed by atoms with E-state index in [0.717, 1.165) is 25.9 Å². The van der Waals surface area contributed by atoms with E-state index in [1.807, 2.05) is 11.8 Å². The maximum Gasteiger partial charge on any atom is 0.240 e. The third-order valence-corrected chi connectivity index (χ3v) is 3.09. The van der Waals surface area contributed by atoms with E-state index in [-0.39, 0.29) is 24.1 Å². The SMILES string of the molecule is CCCNC1CCN(C(C)CC(C)O)C1=O. The molecule has 1 aliphatic heterocycles. The number of hydrogen-bond acceptors (Lipinski definition) is 3. The Labute approximate surface area is 98.0 Å². The lowest BCUT2D eigenvalue weighted by Crippen LogP contribution is -2.42. The molecule has 1 aliphatic rings. The zero-order valence-corrected chi connectivity index (χ0v) is 10.6. The first-order valence-electron chi connectivity index (χ1n) is 6.28. The molecule has 1 heterocycles. The summed E-state index contributed by atoms with van der Waals surface area (Å²) in [6.07, 6.45) is 2.26. The number of likely N-dealkylation sites (tertiary alicyclic amines) is 1. The van der Waals surface area contributed by atoms with Crippen LogP contribution < -0.4 is 5.32 Å². The molecule has 1 amide bonds. The Morgan fingerprint density at radius 2 is 2.25 bits per heavy atom. The second-order valence-electron chi connectivity index (χ2n) is 4.76. The minimum atomic E-state index is -0.342. The number of carbonyl (C=O) groups is 1. The third kappa shape index (κ3) is 3.46. The van der Waals surface area contributed by atoms with Gasteiger partial charge < -0.3 is 15.3 Å². The van der Waals surface area contributed by atoms with Crippen molar-refractivity contribution in [2.75, 3.05) is 13.1 Å². The fourth-order valence-corrected chi connectivity index (χ4v) is 2.27. The van der Waals surface area contributed by atoms with Crippen LogP contribution in [0.3, 0.4) is 0 Å². The molecule has 4 nitrogen and oxygen atoms in total. The van der Waals surface area contributed by atoms with Crippen LogP contribution in [0, 0.1) is 0 Å². The van der Waals surface area contributed by atoms with E-state index in [0.29, 0.717) is 6.42 Å². The fraction of sp³-hybridized carbons (Fsp3) is 0.917. The smallest absolute Gasteiger partial charge is 0.240 e. The van der Waals surface area contributed by atoms with E-state index in [2.05, 4.69) is 12.2 Å². The van der Waals surface area contributed by atoms with E-state index in [1.165, 1.54) is 0 Å². The molecule has 0 bridgehead atoms. The average Bonchev–Trinajstić information content (AvgIpc) is 2.56. The molecule has 0 aromatic heterocycles. The zero-order chi connectivity index (χ0) is 12.1. The molecule has 1 fully saturated rings. The quantitative estimate of drug-likeness (QED) is 0.705. The third-order valence-electron chi connectivity index (χ3n) is 3.09. The molecule has 4 heteroatoms. The number of carbonyl (C=O) groups excluding carboxylic acids is 1. The maximum absolute atomic E-state index is 12.0. The lowest BCUT2D eigenvalue weighted by atomic mass is 10.1. The van der Waals surface area contributed by atoms with Crippen molar-refractivity contribution in [1.29, 1.82) is 0 Å². The van der Waals surface area contributed by atoms with Crippen LogP contribution in [0.1, 0.15) is 40.0 Å². The van der Waals surface area contributed by atoms with Crippen LogP contribution in [0.2, 0.25) is 0 Å². The van der Waals surface area contributed by atoms with Crippen molar-refractivity contribution < 1.29 is 9.90 Å². The number of aliphatic hydroxyl groups excluding tert-OH is 1. The number of rotatable bonds is 6. The summed E-state index contributed by atoms with van der Waals surface area (Å²) in [5, 5.41) is 12.6. The van der Waals surface area contributed by atoms with Gasteiger partial charge in [0.25, 0.3) is 0 Å². The number of hydrogen-bond donors (Lipinski definition) is 2. The van der Waals surface area contributed by atoms with Crippen molar-refractivity contribution in [3.63, 3.8) is 0 Å². The van der Waals surface area contributed by atoms with Gasteiger partial charge in [-0.25, -0.2) is 0 Å². The topological polar surface area (TPSA) is 52.6 Å². The number of nitrogens with one attached hydrogen (secondary N) is 1. The molecular formula is C12H24N2O2. The van der Waals surface area contributed by atoms with Crippen LogP contribution in [0.5, 0.6) is 0 Å². The van der Waals surface area contributed by atoms with Gasteiger partial charge in [0, 0.05) is 12.6 Å². The molecule has 3 atom stereocenters. The van der Waals surface area contributed by atoms with Gasteiger partial charge in [-0.15, -0.1) is 0 Å². The molecule has 16 heavy (non-hydrogen) atoms. The first kappa shape index (κ1) is 13.5. The van der Waals surface area contributed by atoms with Crippen LogP contribution in [0.15, 0.2) is 0 Å². The molecule has 0 spiro atoms. The van der Waals surface area contributed by atoms with Gasteiger partial charge in [0.1, 0.15) is 0 Å². The fourth-order valence-electron chi connectivity index (χ4n) is 2.27. The van der Waals surface area contributed by atoms with E-state index >= 15 is 0 Å². The Kier molecular flexibility index (Phi) is 5.22. The lowest BCUT2D eigenvalue weighted by molar-refractivity contribution is -0.131. The molecule has 2 N–H and O–H groups in total. The van der Waals surface area contributed by atoms with Crippen LogP contribution in [0.25, 0.3) is 0 Å². The first-order valence-corrected chi connectivity index (χ1v) is 6.28. The normalized spacial score (nSPS) is 24.9. The molecule has 1 saturated heterocycles. The zero-order valence-electron chi connectivity index (χ0n) is 10.6. The van der Waals surface area contributed by atoms with Gasteiger partial charge in [0.05, 0.1) is 12.1 Å². The highest BCUT2D eigenvalue weighted by Crippen LogP contribution is 2.17. The minimum absolute atomic E-state index is 0.00333. The van der Waals surface area contributed by atoms with Crippen molar-refractivity contribution >= 4 is 5.91 Å². The maximum atomic E-state index is 12.0. The van der Waals surface area contributed by atoms with E-state index in [1.54, 1.807) is 6.92 Å². The molecule has 0 saturated carbocycles. The Bertz CT molecular complexity index is 231. The van der Waals surface area contributed by atoms with E-state index in [4.69, 9.17) is 0 Å². The van der Waals surface area contributed by atoms with Gasteiger partial charge in [0.15, 0.2) is 0 Å². The van der Waals surface area contributed by atoms with Crippen LogP contribution in [-0.2, 0) is 4.79 Å². The largest absolute Gasteiger partial charge is 0.393 e. The minimum Gasteiger partial charge on any atom is -0.393 e. The summed E-state index contributed by atoms with van der Waals surface area (Å²) < 4.78 is 0. The molecule has 1 rings (SSSR count). The summed E-state index contributed by atoms with van der Waals surface area (Å²) in [7, 11) is 0. The van der Waals surface area contributed by atoms with Gasteiger partial charge in [-0.05, 0) is 39.7 Å². The van der Waals surface area contributed by atoms with Crippen LogP contribution >= 0.6 is 0 Å². The van der Waals surface area contributed by atoms with Crippen LogP contribution in [-0.4, -0.2) is 47.2 Å².